The molecule has 4 aliphatic rings. The van der Waals surface area contributed by atoms with Crippen LogP contribution in [0.1, 0.15) is 91.8 Å². The average molecular weight is 863 g/mol. The van der Waals surface area contributed by atoms with Crippen LogP contribution in [0.4, 0.5) is 10.5 Å². The largest absolute Gasteiger partial charge is 0.458 e. The van der Waals surface area contributed by atoms with Crippen LogP contribution in [0.3, 0.4) is 0 Å². The van der Waals surface area contributed by atoms with E-state index in [1.165, 1.54) is 6.92 Å². The summed E-state index contributed by atoms with van der Waals surface area (Å²) in [5.41, 5.74) is 7.43. The number of carbonyl (C=O) groups excluding carboxylic acids is 5. The molecule has 2 aromatic heterocycles. The Kier molecular flexibility index (Phi) is 10.9. The SMILES string of the molecule is CC[C@@]1(O)C(=O)OCc2c1cc1n(c2=O)Cc2c-1nc1ccc(NC(=O)C(C)=NC(=O)C(=NC(=O)CCNC(=O)OCC3c4ccccc4-c4ccccc43)C(C)C)c3c1c2CCC3. The Morgan fingerprint density at radius 3 is 2.36 bits per heavy atom. The summed E-state index contributed by atoms with van der Waals surface area (Å²) in [4.78, 5) is 92.0. The van der Waals surface area contributed by atoms with Crippen molar-refractivity contribution in [3.05, 3.63) is 116 Å². The van der Waals surface area contributed by atoms with E-state index in [4.69, 9.17) is 14.5 Å². The average Bonchev–Trinajstić information content (AvgIpc) is 3.82. The van der Waals surface area contributed by atoms with Crippen molar-refractivity contribution >= 4 is 57.8 Å². The molecule has 3 N–H and O–H groups in total. The molecule has 9 rings (SSSR count). The number of ether oxygens (including phenoxy) is 2. The number of aromatic nitrogens is 2. The number of benzene rings is 3. The van der Waals surface area contributed by atoms with Crippen LogP contribution in [0.5, 0.6) is 0 Å². The Bertz CT molecular complexity index is 2940. The molecule has 0 spiro atoms. The first kappa shape index (κ1) is 42.2. The van der Waals surface area contributed by atoms with E-state index in [0.717, 1.165) is 50.8 Å². The molecule has 0 saturated heterocycles. The molecule has 64 heavy (non-hydrogen) atoms. The highest BCUT2D eigenvalue weighted by Gasteiger charge is 2.45. The summed E-state index contributed by atoms with van der Waals surface area (Å²) in [5, 5.41) is 17.7. The first-order valence-electron chi connectivity index (χ1n) is 21.5. The number of hydrogen-bond acceptors (Lipinski definition) is 10. The number of pyridine rings is 2. The van der Waals surface area contributed by atoms with Gasteiger partial charge in [0.1, 0.15) is 24.6 Å². The van der Waals surface area contributed by atoms with Crippen LogP contribution in [0.25, 0.3) is 33.4 Å². The van der Waals surface area contributed by atoms with Gasteiger partial charge in [0.25, 0.3) is 17.4 Å². The molecular weight excluding hydrogens is 817 g/mol. The fourth-order valence-corrected chi connectivity index (χ4v) is 9.44. The van der Waals surface area contributed by atoms with Gasteiger partial charge in [0, 0.05) is 47.0 Å². The van der Waals surface area contributed by atoms with Crippen LogP contribution >= 0.6 is 0 Å². The zero-order valence-corrected chi connectivity index (χ0v) is 35.9. The van der Waals surface area contributed by atoms with Crippen LogP contribution in [-0.4, -0.2) is 69.0 Å². The predicted molar refractivity (Wildman–Crippen MR) is 238 cm³/mol. The molecule has 0 radical (unpaired) electrons. The number of aliphatic imine (C=N–C) groups is 2. The van der Waals surface area contributed by atoms with Crippen LogP contribution < -0.4 is 16.2 Å². The minimum atomic E-state index is -1.93. The summed E-state index contributed by atoms with van der Waals surface area (Å²) in [6.45, 7) is 6.55. The van der Waals surface area contributed by atoms with E-state index in [2.05, 4.69) is 32.8 Å². The van der Waals surface area contributed by atoms with Crippen molar-refractivity contribution in [2.75, 3.05) is 18.5 Å². The number of rotatable bonds is 10. The topological polar surface area (TPSA) is 208 Å². The highest BCUT2D eigenvalue weighted by Crippen LogP contribution is 2.45. The van der Waals surface area contributed by atoms with E-state index >= 15 is 0 Å². The maximum atomic E-state index is 13.8. The van der Waals surface area contributed by atoms with E-state index < -0.39 is 41.3 Å². The lowest BCUT2D eigenvalue weighted by molar-refractivity contribution is -0.172. The van der Waals surface area contributed by atoms with E-state index in [1.54, 1.807) is 43.5 Å². The minimum absolute atomic E-state index is 0.0420. The second kappa shape index (κ2) is 16.5. The number of nitrogens with one attached hydrogen (secondary N) is 2. The summed E-state index contributed by atoms with van der Waals surface area (Å²) in [6, 6.07) is 21.2. The normalized spacial score (nSPS) is 17.2. The molecular formula is C49H46N6O9. The molecule has 3 aromatic carbocycles. The molecule has 15 heteroatoms. The van der Waals surface area contributed by atoms with Gasteiger partial charge in [-0.1, -0.05) is 69.3 Å². The Labute approximate surface area is 367 Å². The van der Waals surface area contributed by atoms with Gasteiger partial charge < -0.3 is 29.8 Å². The lowest BCUT2D eigenvalue weighted by atomic mass is 9.85. The van der Waals surface area contributed by atoms with Gasteiger partial charge in [0.05, 0.1) is 29.0 Å². The minimum Gasteiger partial charge on any atom is -0.458 e. The second-order valence-corrected chi connectivity index (χ2v) is 16.9. The van der Waals surface area contributed by atoms with Crippen molar-refractivity contribution in [2.24, 2.45) is 15.9 Å². The monoisotopic (exact) mass is 862 g/mol. The first-order chi connectivity index (χ1) is 30.8. The fourth-order valence-electron chi connectivity index (χ4n) is 9.44. The fraction of sp³-hybridized carbons (Fsp3) is 0.327. The molecule has 326 valence electrons. The predicted octanol–water partition coefficient (Wildman–Crippen LogP) is 6.05. The molecule has 0 bridgehead atoms. The van der Waals surface area contributed by atoms with Gasteiger partial charge in [-0.25, -0.2) is 24.6 Å². The summed E-state index contributed by atoms with van der Waals surface area (Å²) in [7, 11) is 0. The van der Waals surface area contributed by atoms with E-state index in [0.29, 0.717) is 35.4 Å². The number of cyclic esters (lactones) is 1. The highest BCUT2D eigenvalue weighted by atomic mass is 16.6. The van der Waals surface area contributed by atoms with Gasteiger partial charge in [0.15, 0.2) is 5.60 Å². The Balaban J connectivity index is 0.859. The quantitative estimate of drug-likeness (QED) is 0.107. The summed E-state index contributed by atoms with van der Waals surface area (Å²) < 4.78 is 12.4. The number of esters is 1. The van der Waals surface area contributed by atoms with Crippen LogP contribution in [0.2, 0.25) is 0 Å². The molecule has 1 atom stereocenters. The molecule has 2 aliphatic heterocycles. The zero-order chi connectivity index (χ0) is 45.0. The number of aliphatic hydroxyl groups is 1. The van der Waals surface area contributed by atoms with Crippen molar-refractivity contribution < 1.29 is 38.6 Å². The van der Waals surface area contributed by atoms with Gasteiger partial charge >= 0.3 is 12.1 Å². The van der Waals surface area contributed by atoms with Crippen molar-refractivity contribution in [2.45, 2.75) is 84.5 Å². The zero-order valence-electron chi connectivity index (χ0n) is 35.9. The number of anilines is 1. The lowest BCUT2D eigenvalue weighted by Gasteiger charge is -2.31. The van der Waals surface area contributed by atoms with Crippen molar-refractivity contribution in [3.8, 4) is 22.5 Å². The highest BCUT2D eigenvalue weighted by molar-refractivity contribution is 6.49. The van der Waals surface area contributed by atoms with Crippen molar-refractivity contribution in [1.82, 2.24) is 14.9 Å². The molecule has 5 aromatic rings. The maximum absolute atomic E-state index is 13.8. The van der Waals surface area contributed by atoms with E-state index in [9.17, 15) is 33.9 Å². The third-order valence-electron chi connectivity index (χ3n) is 12.7. The van der Waals surface area contributed by atoms with Crippen LogP contribution in [0.15, 0.2) is 81.5 Å². The number of hydrogen-bond donors (Lipinski definition) is 3. The molecule has 2 aliphatic carbocycles. The Morgan fingerprint density at radius 1 is 0.953 bits per heavy atom. The van der Waals surface area contributed by atoms with Gasteiger partial charge in [-0.05, 0) is 84.2 Å². The summed E-state index contributed by atoms with van der Waals surface area (Å²) in [6.07, 6.45) is 1.29. The standard InChI is InChI=1S/C49H46N6O9/c1-5-49(62)36-21-39-43-33(22-55(39)46(59)35(36)24-63-47(49)60)31-15-10-16-32-37(17-18-38(52-43)41(31)32)53-44(57)26(4)51-45(58)42(25(2)3)54-40(56)19-20-50-48(61)64-23-34-29-13-8-6-11-27(29)28-12-7-9-14-30(28)34/h6-9,11-14,17-18,21,25,34,62H,5,10,15-16,19-20,22-24H2,1-4H3,(H,50,61)(H,53,57)/t49-/m0/s1. The van der Waals surface area contributed by atoms with Gasteiger partial charge in [0.2, 0.25) is 5.91 Å². The van der Waals surface area contributed by atoms with E-state index in [-0.39, 0.29) is 73.2 Å². The summed E-state index contributed by atoms with van der Waals surface area (Å²) >= 11 is 0. The lowest BCUT2D eigenvalue weighted by Crippen LogP contribution is -2.44. The first-order valence-corrected chi connectivity index (χ1v) is 21.5. The number of fused-ring (bicyclic) bond motifs is 8. The molecule has 0 saturated carbocycles. The number of carbonyl (C=O) groups is 5. The second-order valence-electron chi connectivity index (χ2n) is 16.9. The molecule has 4 amide bonds. The Hall–Kier alpha value is -7.13. The molecule has 0 fully saturated rings. The van der Waals surface area contributed by atoms with E-state index in [1.807, 2.05) is 36.4 Å². The van der Waals surface area contributed by atoms with Crippen molar-refractivity contribution in [3.63, 3.8) is 0 Å². The number of aryl methyl sites for hydroxylation is 2. The van der Waals surface area contributed by atoms with Crippen LogP contribution in [-0.2, 0) is 60.2 Å². The van der Waals surface area contributed by atoms with Gasteiger partial charge in [-0.2, -0.15) is 0 Å². The third kappa shape index (κ3) is 7.18. The van der Waals surface area contributed by atoms with Crippen molar-refractivity contribution in [1.29, 1.82) is 0 Å². The van der Waals surface area contributed by atoms with Crippen LogP contribution in [0, 0.1) is 5.92 Å². The number of amides is 4. The molecule has 0 unspecified atom stereocenters. The van der Waals surface area contributed by atoms with Gasteiger partial charge in [-0.15, -0.1) is 0 Å². The number of alkyl carbamates (subject to hydrolysis) is 1. The summed E-state index contributed by atoms with van der Waals surface area (Å²) in [5.74, 6) is -3.47. The third-order valence-corrected chi connectivity index (χ3v) is 12.7. The maximum Gasteiger partial charge on any atom is 0.407 e. The smallest absolute Gasteiger partial charge is 0.407 e. The molecule has 15 nitrogen and oxygen atoms in total. The Morgan fingerprint density at radius 2 is 1.66 bits per heavy atom. The number of nitrogens with zero attached hydrogens (tertiary/aromatic N) is 4. The van der Waals surface area contributed by atoms with Gasteiger partial charge in [-0.3, -0.25) is 19.2 Å². The molecule has 4 heterocycles.